The van der Waals surface area contributed by atoms with Crippen LogP contribution in [-0.2, 0) is 24.4 Å². The number of aryl methyl sites for hydroxylation is 2. The number of ether oxygens (including phenoxy) is 1. The summed E-state index contributed by atoms with van der Waals surface area (Å²) in [6.45, 7) is 6.07. The third kappa shape index (κ3) is 6.09. The highest BCUT2D eigenvalue weighted by atomic mass is 35.5. The molecule has 2 aromatic heterocycles. The van der Waals surface area contributed by atoms with Crippen LogP contribution in [0.1, 0.15) is 39.7 Å². The highest BCUT2D eigenvalue weighted by Crippen LogP contribution is 2.31. The van der Waals surface area contributed by atoms with E-state index in [4.69, 9.17) is 16.3 Å². The summed E-state index contributed by atoms with van der Waals surface area (Å²) in [5, 5.41) is 14.3. The number of methoxy groups -OCH3 is 1. The van der Waals surface area contributed by atoms with Gasteiger partial charge in [0.05, 0.1) is 18.7 Å². The van der Waals surface area contributed by atoms with E-state index in [1.807, 2.05) is 55.5 Å². The molecule has 9 heteroatoms. The number of hydrogen-bond acceptors (Lipinski definition) is 6. The minimum atomic E-state index is -0.540. The Morgan fingerprint density at radius 1 is 1.00 bits per heavy atom. The van der Waals surface area contributed by atoms with Crippen LogP contribution in [0.2, 0.25) is 5.02 Å². The average molecular weight is 543 g/mol. The van der Waals surface area contributed by atoms with Crippen molar-refractivity contribution >= 4 is 22.5 Å². The first-order chi connectivity index (χ1) is 18.9. The van der Waals surface area contributed by atoms with E-state index in [-0.39, 0.29) is 5.56 Å². The van der Waals surface area contributed by atoms with Crippen molar-refractivity contribution in [2.45, 2.75) is 39.5 Å². The number of nitrogens with one attached hydrogen (secondary N) is 1. The first-order valence-electron chi connectivity index (χ1n) is 12.8. The lowest BCUT2D eigenvalue weighted by atomic mass is 9.99. The molecule has 0 amide bonds. The van der Waals surface area contributed by atoms with Gasteiger partial charge in [-0.25, -0.2) is 4.68 Å². The second-order valence-corrected chi connectivity index (χ2v) is 10.2. The molecule has 39 heavy (non-hydrogen) atoms. The summed E-state index contributed by atoms with van der Waals surface area (Å²) in [4.78, 5) is 19.2. The van der Waals surface area contributed by atoms with E-state index < -0.39 is 6.04 Å². The molecular weight excluding hydrogens is 512 g/mol. The van der Waals surface area contributed by atoms with E-state index in [0.717, 1.165) is 33.2 Å². The zero-order valence-electron chi connectivity index (χ0n) is 22.3. The van der Waals surface area contributed by atoms with Crippen molar-refractivity contribution in [3.8, 4) is 0 Å². The molecule has 0 spiro atoms. The lowest BCUT2D eigenvalue weighted by Gasteiger charge is -2.31. The number of tetrazole rings is 1. The molecule has 8 nitrogen and oxygen atoms in total. The maximum Gasteiger partial charge on any atom is 0.253 e. The van der Waals surface area contributed by atoms with Crippen molar-refractivity contribution in [2.75, 3.05) is 13.7 Å². The summed E-state index contributed by atoms with van der Waals surface area (Å²) < 4.78 is 7.04. The molecule has 200 valence electrons. The predicted molar refractivity (Wildman–Crippen MR) is 153 cm³/mol. The maximum absolute atomic E-state index is 13.8. The summed E-state index contributed by atoms with van der Waals surface area (Å²) in [5.74, 6) is 0.575. The van der Waals surface area contributed by atoms with Gasteiger partial charge in [-0.1, -0.05) is 65.7 Å². The largest absolute Gasteiger partial charge is 0.383 e. The fraction of sp³-hybridized carbons (Fsp3) is 0.267. The lowest BCUT2D eigenvalue weighted by Crippen LogP contribution is -2.35. The third-order valence-electron chi connectivity index (χ3n) is 6.82. The van der Waals surface area contributed by atoms with Gasteiger partial charge in [-0.05, 0) is 70.6 Å². The molecule has 0 fully saturated rings. The van der Waals surface area contributed by atoms with Crippen molar-refractivity contribution < 1.29 is 4.74 Å². The van der Waals surface area contributed by atoms with Crippen molar-refractivity contribution in [3.63, 3.8) is 0 Å². The van der Waals surface area contributed by atoms with Gasteiger partial charge in [0, 0.05) is 30.8 Å². The Morgan fingerprint density at radius 2 is 1.72 bits per heavy atom. The van der Waals surface area contributed by atoms with Gasteiger partial charge >= 0.3 is 0 Å². The Bertz CT molecular complexity index is 1610. The van der Waals surface area contributed by atoms with Gasteiger partial charge < -0.3 is 9.72 Å². The zero-order chi connectivity index (χ0) is 27.4. The molecule has 0 aliphatic rings. The zero-order valence-corrected chi connectivity index (χ0v) is 23.0. The number of fused-ring (bicyclic) bond motifs is 1. The number of halogens is 1. The molecular formula is C30H31ClN6O2. The van der Waals surface area contributed by atoms with E-state index >= 15 is 0 Å². The van der Waals surface area contributed by atoms with Crippen molar-refractivity contribution in [1.82, 2.24) is 30.1 Å². The van der Waals surface area contributed by atoms with Gasteiger partial charge in [0.1, 0.15) is 6.04 Å². The smallest absolute Gasteiger partial charge is 0.253 e. The standard InChI is InChI=1S/C30H31ClN6O2/c1-20-15-21(2)27-24(16-20)17-26(30(38)32-27)28(29-33-34-35-37(29)13-14-39-3)36(18-22-7-5-4-6-8-22)19-23-9-11-25(31)12-10-23/h4-12,15-17,28H,13-14,18-19H2,1-3H3,(H,32,38). The quantitative estimate of drug-likeness (QED) is 0.260. The van der Waals surface area contributed by atoms with Crippen LogP contribution < -0.4 is 5.56 Å². The second kappa shape index (κ2) is 11.9. The molecule has 5 aromatic rings. The third-order valence-corrected chi connectivity index (χ3v) is 7.07. The van der Waals surface area contributed by atoms with Gasteiger partial charge in [0.15, 0.2) is 5.82 Å². The number of H-pyrrole nitrogens is 1. The normalized spacial score (nSPS) is 12.3. The molecule has 0 saturated carbocycles. The Labute approximate surface area is 232 Å². The van der Waals surface area contributed by atoms with Crippen molar-refractivity contribution in [2.24, 2.45) is 0 Å². The monoisotopic (exact) mass is 542 g/mol. The SMILES string of the molecule is COCCn1nnnc1C(c1cc2cc(C)cc(C)c2[nH]c1=O)N(Cc1ccccc1)Cc1ccc(Cl)cc1. The van der Waals surface area contributed by atoms with Crippen LogP contribution in [0.25, 0.3) is 10.9 Å². The molecule has 1 atom stereocenters. The number of hydrogen-bond donors (Lipinski definition) is 1. The molecule has 0 radical (unpaired) electrons. The van der Waals surface area contributed by atoms with E-state index in [2.05, 4.69) is 56.6 Å². The number of aromatic amines is 1. The van der Waals surface area contributed by atoms with Crippen LogP contribution in [0.5, 0.6) is 0 Å². The minimum absolute atomic E-state index is 0.171. The summed E-state index contributed by atoms with van der Waals surface area (Å²) in [6, 6.07) is 23.6. The molecule has 0 bridgehead atoms. The number of pyridine rings is 1. The van der Waals surface area contributed by atoms with Crippen LogP contribution >= 0.6 is 11.6 Å². The van der Waals surface area contributed by atoms with Gasteiger partial charge in [-0.2, -0.15) is 0 Å². The Kier molecular flexibility index (Phi) is 8.16. The molecule has 3 aromatic carbocycles. The lowest BCUT2D eigenvalue weighted by molar-refractivity contribution is 0.169. The Morgan fingerprint density at radius 3 is 2.44 bits per heavy atom. The number of aromatic nitrogens is 5. The summed E-state index contributed by atoms with van der Waals surface area (Å²) >= 11 is 6.19. The summed E-state index contributed by atoms with van der Waals surface area (Å²) in [7, 11) is 1.64. The number of nitrogens with zero attached hydrogens (tertiary/aromatic N) is 5. The fourth-order valence-electron chi connectivity index (χ4n) is 5.03. The van der Waals surface area contributed by atoms with Crippen LogP contribution in [0, 0.1) is 13.8 Å². The predicted octanol–water partition coefficient (Wildman–Crippen LogP) is 5.22. The van der Waals surface area contributed by atoms with Crippen LogP contribution in [0.4, 0.5) is 0 Å². The highest BCUT2D eigenvalue weighted by Gasteiger charge is 2.31. The first-order valence-corrected chi connectivity index (χ1v) is 13.2. The second-order valence-electron chi connectivity index (χ2n) is 9.77. The first kappa shape index (κ1) is 26.7. The van der Waals surface area contributed by atoms with Crippen LogP contribution in [-0.4, -0.2) is 43.8 Å². The molecule has 0 aliphatic heterocycles. The van der Waals surface area contributed by atoms with Crippen LogP contribution in [0.15, 0.2) is 77.6 Å². The van der Waals surface area contributed by atoms with E-state index in [1.54, 1.807) is 11.8 Å². The molecule has 0 aliphatic carbocycles. The van der Waals surface area contributed by atoms with E-state index in [0.29, 0.717) is 42.7 Å². The van der Waals surface area contributed by atoms with Gasteiger partial charge in [0.2, 0.25) is 0 Å². The van der Waals surface area contributed by atoms with E-state index in [1.165, 1.54) is 0 Å². The molecule has 0 saturated heterocycles. The van der Waals surface area contributed by atoms with Crippen molar-refractivity contribution in [1.29, 1.82) is 0 Å². The summed E-state index contributed by atoms with van der Waals surface area (Å²) in [6.07, 6.45) is 0. The fourth-order valence-corrected chi connectivity index (χ4v) is 5.16. The van der Waals surface area contributed by atoms with Gasteiger partial charge in [-0.15, -0.1) is 5.10 Å². The average Bonchev–Trinajstić information content (AvgIpc) is 3.38. The van der Waals surface area contributed by atoms with Gasteiger partial charge in [-0.3, -0.25) is 9.69 Å². The molecule has 1 unspecified atom stereocenters. The Hall–Kier alpha value is -3.85. The Balaban J connectivity index is 1.70. The number of rotatable bonds is 10. The highest BCUT2D eigenvalue weighted by molar-refractivity contribution is 6.30. The maximum atomic E-state index is 13.8. The molecule has 5 rings (SSSR count). The number of benzene rings is 3. The van der Waals surface area contributed by atoms with Crippen LogP contribution in [0.3, 0.4) is 0 Å². The van der Waals surface area contributed by atoms with Gasteiger partial charge in [0.25, 0.3) is 5.56 Å². The molecule has 1 N–H and O–H groups in total. The van der Waals surface area contributed by atoms with Crippen molar-refractivity contribution in [3.05, 3.63) is 122 Å². The minimum Gasteiger partial charge on any atom is -0.383 e. The van der Waals surface area contributed by atoms with E-state index in [9.17, 15) is 4.79 Å². The molecule has 2 heterocycles. The topological polar surface area (TPSA) is 88.9 Å². The summed E-state index contributed by atoms with van der Waals surface area (Å²) in [5.41, 5.74) is 5.55.